The molecule has 0 bridgehead atoms. The summed E-state index contributed by atoms with van der Waals surface area (Å²) in [7, 11) is 0. The summed E-state index contributed by atoms with van der Waals surface area (Å²) >= 11 is 0. The van der Waals surface area contributed by atoms with Gasteiger partial charge in [0.1, 0.15) is 0 Å². The van der Waals surface area contributed by atoms with Crippen molar-refractivity contribution < 1.29 is 14.6 Å². The molecule has 1 unspecified atom stereocenters. The summed E-state index contributed by atoms with van der Waals surface area (Å²) in [6, 6.07) is 14.2. The van der Waals surface area contributed by atoms with E-state index in [1.54, 1.807) is 6.07 Å². The number of carboxylic acid groups (broad SMARTS) is 1. The monoisotopic (exact) mass is 325 g/mol. The fourth-order valence-corrected chi connectivity index (χ4v) is 3.29. The number of carboxylic acids is 1. The van der Waals surface area contributed by atoms with Crippen LogP contribution in [0.25, 0.3) is 0 Å². The zero-order chi connectivity index (χ0) is 17.1. The second-order valence-corrected chi connectivity index (χ2v) is 6.41. The van der Waals surface area contributed by atoms with E-state index in [0.717, 1.165) is 36.3 Å². The Bertz CT molecular complexity index is 727. The van der Waals surface area contributed by atoms with Gasteiger partial charge in [-0.25, -0.2) is 4.79 Å². The van der Waals surface area contributed by atoms with Crippen LogP contribution in [-0.4, -0.2) is 35.7 Å². The highest BCUT2D eigenvalue weighted by Gasteiger charge is 2.24. The lowest BCUT2D eigenvalue weighted by Crippen LogP contribution is -2.38. The lowest BCUT2D eigenvalue weighted by molar-refractivity contribution is -0.0332. The zero-order valence-electron chi connectivity index (χ0n) is 14.2. The number of aryl methyl sites for hydroxylation is 2. The van der Waals surface area contributed by atoms with E-state index in [9.17, 15) is 9.90 Å². The normalized spacial score (nSPS) is 18.5. The third-order valence-electron chi connectivity index (χ3n) is 4.59. The molecular weight excluding hydrogens is 302 g/mol. The van der Waals surface area contributed by atoms with E-state index in [2.05, 4.69) is 29.2 Å². The first kappa shape index (κ1) is 16.7. The first-order valence-corrected chi connectivity index (χ1v) is 8.27. The predicted octanol–water partition coefficient (Wildman–Crippen LogP) is 3.58. The second kappa shape index (κ2) is 7.16. The van der Waals surface area contributed by atoms with E-state index >= 15 is 0 Å². The number of hydrogen-bond donors (Lipinski definition) is 1. The summed E-state index contributed by atoms with van der Waals surface area (Å²) < 4.78 is 5.98. The highest BCUT2D eigenvalue weighted by atomic mass is 16.5. The van der Waals surface area contributed by atoms with Crippen molar-refractivity contribution in [3.05, 3.63) is 70.3 Å². The van der Waals surface area contributed by atoms with E-state index in [1.807, 2.05) is 26.0 Å². The predicted molar refractivity (Wildman–Crippen MR) is 93.3 cm³/mol. The number of rotatable bonds is 4. The molecule has 0 aliphatic carbocycles. The number of hydrogen-bond acceptors (Lipinski definition) is 3. The van der Waals surface area contributed by atoms with Gasteiger partial charge in [0.15, 0.2) is 0 Å². The van der Waals surface area contributed by atoms with Gasteiger partial charge in [-0.15, -0.1) is 0 Å². The smallest absolute Gasteiger partial charge is 0.335 e. The SMILES string of the molecule is Cc1cc(C2CN(Cc3ccccc3)CCO2)c(C)cc1C(=O)O. The molecule has 1 heterocycles. The van der Waals surface area contributed by atoms with Crippen LogP contribution in [-0.2, 0) is 11.3 Å². The topological polar surface area (TPSA) is 49.8 Å². The van der Waals surface area contributed by atoms with Gasteiger partial charge in [0, 0.05) is 19.6 Å². The van der Waals surface area contributed by atoms with Gasteiger partial charge >= 0.3 is 5.97 Å². The van der Waals surface area contributed by atoms with E-state index in [4.69, 9.17) is 4.74 Å². The molecule has 0 amide bonds. The molecule has 1 aliphatic rings. The zero-order valence-corrected chi connectivity index (χ0v) is 14.2. The molecule has 1 saturated heterocycles. The van der Waals surface area contributed by atoms with Crippen LogP contribution in [0, 0.1) is 13.8 Å². The molecule has 2 aromatic rings. The van der Waals surface area contributed by atoms with Crippen molar-refractivity contribution in [3.8, 4) is 0 Å². The molecule has 1 N–H and O–H groups in total. The maximum absolute atomic E-state index is 11.3. The Morgan fingerprint density at radius 1 is 1.21 bits per heavy atom. The van der Waals surface area contributed by atoms with Crippen molar-refractivity contribution in [2.45, 2.75) is 26.5 Å². The van der Waals surface area contributed by atoms with Crippen LogP contribution in [0.5, 0.6) is 0 Å². The molecule has 0 saturated carbocycles. The van der Waals surface area contributed by atoms with Crippen molar-refractivity contribution in [3.63, 3.8) is 0 Å². The number of aromatic carboxylic acids is 1. The summed E-state index contributed by atoms with van der Waals surface area (Å²) in [6.07, 6.45) is -0.0102. The third-order valence-corrected chi connectivity index (χ3v) is 4.59. The number of benzene rings is 2. The minimum absolute atomic E-state index is 0.0102. The Morgan fingerprint density at radius 2 is 1.96 bits per heavy atom. The van der Waals surface area contributed by atoms with Gasteiger partial charge < -0.3 is 9.84 Å². The minimum atomic E-state index is -0.877. The average molecular weight is 325 g/mol. The molecule has 1 aliphatic heterocycles. The lowest BCUT2D eigenvalue weighted by atomic mass is 9.95. The average Bonchev–Trinajstić information content (AvgIpc) is 2.57. The van der Waals surface area contributed by atoms with E-state index in [1.165, 1.54) is 5.56 Å². The molecule has 126 valence electrons. The number of nitrogens with zero attached hydrogens (tertiary/aromatic N) is 1. The van der Waals surface area contributed by atoms with Gasteiger partial charge in [-0.2, -0.15) is 0 Å². The van der Waals surface area contributed by atoms with Gasteiger partial charge in [-0.1, -0.05) is 36.4 Å². The standard InChI is InChI=1S/C20H23NO3/c1-14-11-18(20(22)23)15(2)10-17(14)19-13-21(8-9-24-19)12-16-6-4-3-5-7-16/h3-7,10-11,19H,8-9,12-13H2,1-2H3,(H,22,23). The molecule has 24 heavy (non-hydrogen) atoms. The highest BCUT2D eigenvalue weighted by Crippen LogP contribution is 2.28. The van der Waals surface area contributed by atoms with Gasteiger partial charge in [-0.05, 0) is 42.2 Å². The van der Waals surface area contributed by atoms with Crippen LogP contribution in [0.3, 0.4) is 0 Å². The molecule has 2 aromatic carbocycles. The first-order valence-electron chi connectivity index (χ1n) is 8.27. The maximum atomic E-state index is 11.3. The summed E-state index contributed by atoms with van der Waals surface area (Å²) in [5.74, 6) is -0.877. The van der Waals surface area contributed by atoms with Crippen LogP contribution >= 0.6 is 0 Å². The second-order valence-electron chi connectivity index (χ2n) is 6.41. The lowest BCUT2D eigenvalue weighted by Gasteiger charge is -2.34. The van der Waals surface area contributed by atoms with Gasteiger partial charge in [-0.3, -0.25) is 4.90 Å². The molecule has 0 spiro atoms. The Hall–Kier alpha value is -2.17. The van der Waals surface area contributed by atoms with Crippen LogP contribution in [0.15, 0.2) is 42.5 Å². The fourth-order valence-electron chi connectivity index (χ4n) is 3.29. The largest absolute Gasteiger partial charge is 0.478 e. The van der Waals surface area contributed by atoms with Crippen LogP contribution in [0.2, 0.25) is 0 Å². The molecule has 1 atom stereocenters. The van der Waals surface area contributed by atoms with Crippen molar-refractivity contribution in [2.75, 3.05) is 19.7 Å². The molecule has 4 nitrogen and oxygen atoms in total. The molecule has 1 fully saturated rings. The maximum Gasteiger partial charge on any atom is 0.335 e. The number of carbonyl (C=O) groups is 1. The quantitative estimate of drug-likeness (QED) is 0.933. The molecular formula is C20H23NO3. The summed E-state index contributed by atoms with van der Waals surface area (Å²) in [5, 5.41) is 9.26. The van der Waals surface area contributed by atoms with Gasteiger partial charge in [0.05, 0.1) is 18.3 Å². The Kier molecular flexibility index (Phi) is 4.97. The number of morpholine rings is 1. The molecule has 3 rings (SSSR count). The summed E-state index contributed by atoms with van der Waals surface area (Å²) in [6.45, 7) is 7.14. The Morgan fingerprint density at radius 3 is 2.67 bits per heavy atom. The summed E-state index contributed by atoms with van der Waals surface area (Å²) in [4.78, 5) is 13.7. The van der Waals surface area contributed by atoms with Gasteiger partial charge in [0.25, 0.3) is 0 Å². The summed E-state index contributed by atoms with van der Waals surface area (Å²) in [5.41, 5.74) is 4.52. The van der Waals surface area contributed by atoms with Crippen molar-refractivity contribution in [1.29, 1.82) is 0 Å². The fraction of sp³-hybridized carbons (Fsp3) is 0.350. The number of ether oxygens (including phenoxy) is 1. The third kappa shape index (κ3) is 3.66. The molecule has 0 radical (unpaired) electrons. The van der Waals surface area contributed by atoms with Crippen molar-refractivity contribution >= 4 is 5.97 Å². The Labute approximate surface area is 142 Å². The van der Waals surface area contributed by atoms with Crippen LogP contribution in [0.4, 0.5) is 0 Å². The van der Waals surface area contributed by atoms with E-state index in [0.29, 0.717) is 12.2 Å². The van der Waals surface area contributed by atoms with E-state index < -0.39 is 5.97 Å². The molecule has 0 aromatic heterocycles. The van der Waals surface area contributed by atoms with Gasteiger partial charge in [0.2, 0.25) is 0 Å². The van der Waals surface area contributed by atoms with E-state index in [-0.39, 0.29) is 6.10 Å². The van der Waals surface area contributed by atoms with Crippen molar-refractivity contribution in [1.82, 2.24) is 4.90 Å². The van der Waals surface area contributed by atoms with Crippen LogP contribution in [0.1, 0.15) is 38.7 Å². The highest BCUT2D eigenvalue weighted by molar-refractivity contribution is 5.89. The van der Waals surface area contributed by atoms with Crippen LogP contribution < -0.4 is 0 Å². The molecule has 4 heteroatoms. The minimum Gasteiger partial charge on any atom is -0.478 e. The van der Waals surface area contributed by atoms with Crippen molar-refractivity contribution in [2.24, 2.45) is 0 Å². The first-order chi connectivity index (χ1) is 11.5. The Balaban J connectivity index is 1.77.